The third-order valence-electron chi connectivity index (χ3n) is 4.12. The number of nitrogens with one attached hydrogen (secondary N) is 1. The smallest absolute Gasteiger partial charge is 0.0666 e. The maximum atomic E-state index is 4.51. The minimum atomic E-state index is 0.670. The van der Waals surface area contributed by atoms with Crippen molar-refractivity contribution in [1.29, 1.82) is 0 Å². The normalized spacial score (nSPS) is 18.1. The summed E-state index contributed by atoms with van der Waals surface area (Å²) in [7, 11) is 2.01. The molecule has 4 heteroatoms. The molecule has 0 amide bonds. The molecule has 1 aromatic rings. The summed E-state index contributed by atoms with van der Waals surface area (Å²) in [5.74, 6) is 0.780. The first-order valence-corrected chi connectivity index (χ1v) is 8.05. The lowest BCUT2D eigenvalue weighted by Crippen LogP contribution is -2.43. The number of aryl methyl sites for hydroxylation is 2. The standard InChI is InChI=1S/C16H30N4/c1-5-16-14(12-19(4)18-16)10-17-15-6-8-20(9-7-15)11-13(2)3/h12-13,15,17H,5-11H2,1-4H3. The Morgan fingerprint density at radius 3 is 2.65 bits per heavy atom. The van der Waals surface area contributed by atoms with Crippen molar-refractivity contribution >= 4 is 0 Å². The van der Waals surface area contributed by atoms with E-state index >= 15 is 0 Å². The zero-order valence-corrected chi connectivity index (χ0v) is 13.5. The van der Waals surface area contributed by atoms with Crippen LogP contribution in [0.2, 0.25) is 0 Å². The highest BCUT2D eigenvalue weighted by Crippen LogP contribution is 2.14. The van der Waals surface area contributed by atoms with Gasteiger partial charge in [0.25, 0.3) is 0 Å². The van der Waals surface area contributed by atoms with E-state index in [1.165, 1.54) is 43.7 Å². The van der Waals surface area contributed by atoms with E-state index < -0.39 is 0 Å². The molecule has 0 spiro atoms. The number of hydrogen-bond acceptors (Lipinski definition) is 3. The van der Waals surface area contributed by atoms with Gasteiger partial charge >= 0.3 is 0 Å². The van der Waals surface area contributed by atoms with Gasteiger partial charge in [0.2, 0.25) is 0 Å². The second kappa shape index (κ2) is 7.23. The third-order valence-corrected chi connectivity index (χ3v) is 4.12. The Labute approximate surface area is 123 Å². The molecule has 1 aliphatic rings. The molecule has 2 rings (SSSR count). The number of rotatable bonds is 6. The molecule has 4 nitrogen and oxygen atoms in total. The first kappa shape index (κ1) is 15.5. The van der Waals surface area contributed by atoms with Crippen LogP contribution in [0, 0.1) is 5.92 Å². The highest BCUT2D eigenvalue weighted by atomic mass is 15.3. The quantitative estimate of drug-likeness (QED) is 0.866. The van der Waals surface area contributed by atoms with Gasteiger partial charge in [-0.2, -0.15) is 5.10 Å². The Bertz CT molecular complexity index is 403. The summed E-state index contributed by atoms with van der Waals surface area (Å²) >= 11 is 0. The first-order chi connectivity index (χ1) is 9.58. The molecule has 1 aliphatic heterocycles. The van der Waals surface area contributed by atoms with Crippen LogP contribution in [0.15, 0.2) is 6.20 Å². The van der Waals surface area contributed by atoms with Crippen molar-refractivity contribution in [2.75, 3.05) is 19.6 Å². The number of likely N-dealkylation sites (tertiary alicyclic amines) is 1. The number of piperidine rings is 1. The van der Waals surface area contributed by atoms with Crippen molar-refractivity contribution in [3.63, 3.8) is 0 Å². The zero-order chi connectivity index (χ0) is 14.5. The van der Waals surface area contributed by atoms with E-state index in [2.05, 4.69) is 42.3 Å². The van der Waals surface area contributed by atoms with Crippen molar-refractivity contribution in [2.24, 2.45) is 13.0 Å². The molecule has 0 unspecified atom stereocenters. The molecule has 1 aromatic heterocycles. The van der Waals surface area contributed by atoms with Crippen molar-refractivity contribution in [1.82, 2.24) is 20.0 Å². The predicted octanol–water partition coefficient (Wildman–Crippen LogP) is 2.19. The van der Waals surface area contributed by atoms with E-state index in [9.17, 15) is 0 Å². The fourth-order valence-corrected chi connectivity index (χ4v) is 3.12. The number of hydrogen-bond donors (Lipinski definition) is 1. The van der Waals surface area contributed by atoms with Crippen molar-refractivity contribution in [2.45, 2.75) is 52.6 Å². The van der Waals surface area contributed by atoms with Crippen LogP contribution in [0.4, 0.5) is 0 Å². The van der Waals surface area contributed by atoms with Crippen LogP contribution in [0.5, 0.6) is 0 Å². The predicted molar refractivity (Wildman–Crippen MR) is 83.7 cm³/mol. The van der Waals surface area contributed by atoms with E-state index in [0.717, 1.165) is 18.9 Å². The summed E-state index contributed by atoms with van der Waals surface area (Å²) < 4.78 is 1.93. The van der Waals surface area contributed by atoms with Gasteiger partial charge in [0.05, 0.1) is 5.69 Å². The van der Waals surface area contributed by atoms with Crippen molar-refractivity contribution in [3.8, 4) is 0 Å². The topological polar surface area (TPSA) is 33.1 Å². The molecule has 2 heterocycles. The molecule has 1 fully saturated rings. The molecule has 0 bridgehead atoms. The van der Waals surface area contributed by atoms with Crippen molar-refractivity contribution < 1.29 is 0 Å². The summed E-state index contributed by atoms with van der Waals surface area (Å²) in [6.45, 7) is 11.5. The van der Waals surface area contributed by atoms with E-state index in [1.807, 2.05) is 11.7 Å². The molecule has 1 N–H and O–H groups in total. The van der Waals surface area contributed by atoms with Gasteiger partial charge in [-0.25, -0.2) is 0 Å². The molecule has 1 saturated heterocycles. The monoisotopic (exact) mass is 278 g/mol. The van der Waals surface area contributed by atoms with E-state index in [1.54, 1.807) is 0 Å². The summed E-state index contributed by atoms with van der Waals surface area (Å²) in [6, 6.07) is 0.670. The molecule has 0 aliphatic carbocycles. The van der Waals surface area contributed by atoms with Gasteiger partial charge in [0.15, 0.2) is 0 Å². The highest BCUT2D eigenvalue weighted by Gasteiger charge is 2.19. The second-order valence-corrected chi connectivity index (χ2v) is 6.48. The van der Waals surface area contributed by atoms with Gasteiger partial charge in [0, 0.05) is 37.9 Å². The lowest BCUT2D eigenvalue weighted by atomic mass is 10.0. The van der Waals surface area contributed by atoms with Crippen LogP contribution in [-0.4, -0.2) is 40.4 Å². The highest BCUT2D eigenvalue weighted by molar-refractivity contribution is 5.16. The minimum Gasteiger partial charge on any atom is -0.310 e. The van der Waals surface area contributed by atoms with Gasteiger partial charge in [-0.3, -0.25) is 4.68 Å². The van der Waals surface area contributed by atoms with E-state index in [-0.39, 0.29) is 0 Å². The summed E-state index contributed by atoms with van der Waals surface area (Å²) in [5, 5.41) is 8.23. The fourth-order valence-electron chi connectivity index (χ4n) is 3.12. The largest absolute Gasteiger partial charge is 0.310 e. The van der Waals surface area contributed by atoms with Gasteiger partial charge in [-0.05, 0) is 38.3 Å². The molecule has 0 saturated carbocycles. The minimum absolute atomic E-state index is 0.670. The van der Waals surface area contributed by atoms with Crippen LogP contribution < -0.4 is 5.32 Å². The average molecular weight is 278 g/mol. The first-order valence-electron chi connectivity index (χ1n) is 8.05. The zero-order valence-electron chi connectivity index (χ0n) is 13.5. The average Bonchev–Trinajstić information content (AvgIpc) is 2.78. The maximum absolute atomic E-state index is 4.51. The molecule has 20 heavy (non-hydrogen) atoms. The van der Waals surface area contributed by atoms with E-state index in [0.29, 0.717) is 6.04 Å². The van der Waals surface area contributed by atoms with Crippen LogP contribution in [0.1, 0.15) is 44.9 Å². The lowest BCUT2D eigenvalue weighted by Gasteiger charge is -2.33. The maximum Gasteiger partial charge on any atom is 0.0666 e. The molecule has 0 radical (unpaired) electrons. The fraction of sp³-hybridized carbons (Fsp3) is 0.812. The summed E-state index contributed by atoms with van der Waals surface area (Å²) in [5.41, 5.74) is 2.59. The Morgan fingerprint density at radius 2 is 2.05 bits per heavy atom. The SMILES string of the molecule is CCc1nn(C)cc1CNC1CCN(CC(C)C)CC1. The second-order valence-electron chi connectivity index (χ2n) is 6.48. The Kier molecular flexibility index (Phi) is 5.61. The van der Waals surface area contributed by atoms with Crippen molar-refractivity contribution in [3.05, 3.63) is 17.5 Å². The summed E-state index contributed by atoms with van der Waals surface area (Å²) in [4.78, 5) is 2.60. The number of nitrogens with zero attached hydrogens (tertiary/aromatic N) is 3. The van der Waals surface area contributed by atoms with Gasteiger partial charge < -0.3 is 10.2 Å². The Hall–Kier alpha value is -0.870. The van der Waals surface area contributed by atoms with Gasteiger partial charge in [-0.15, -0.1) is 0 Å². The van der Waals surface area contributed by atoms with E-state index in [4.69, 9.17) is 0 Å². The molecular formula is C16H30N4. The van der Waals surface area contributed by atoms with Crippen LogP contribution in [0.3, 0.4) is 0 Å². The number of aromatic nitrogens is 2. The molecular weight excluding hydrogens is 248 g/mol. The molecule has 114 valence electrons. The lowest BCUT2D eigenvalue weighted by molar-refractivity contribution is 0.179. The van der Waals surface area contributed by atoms with Gasteiger partial charge in [-0.1, -0.05) is 20.8 Å². The molecule has 0 atom stereocenters. The molecule has 0 aromatic carbocycles. The Morgan fingerprint density at radius 1 is 1.35 bits per heavy atom. The Balaban J connectivity index is 1.75. The van der Waals surface area contributed by atoms with Crippen LogP contribution >= 0.6 is 0 Å². The van der Waals surface area contributed by atoms with Crippen LogP contribution in [-0.2, 0) is 20.0 Å². The third kappa shape index (κ3) is 4.32. The van der Waals surface area contributed by atoms with Gasteiger partial charge in [0.1, 0.15) is 0 Å². The summed E-state index contributed by atoms with van der Waals surface area (Å²) in [6.07, 6.45) is 5.72. The van der Waals surface area contributed by atoms with Crippen LogP contribution in [0.25, 0.3) is 0 Å².